The first-order valence-corrected chi connectivity index (χ1v) is 7.30. The Labute approximate surface area is 125 Å². The highest BCUT2D eigenvalue weighted by Gasteiger charge is 2.35. The minimum atomic E-state index is -0.361. The highest BCUT2D eigenvalue weighted by Crippen LogP contribution is 2.23. The zero-order valence-corrected chi connectivity index (χ0v) is 12.7. The second-order valence-electron chi connectivity index (χ2n) is 5.74. The number of methoxy groups -OCH3 is 1. The van der Waals surface area contributed by atoms with Crippen LogP contribution in [0.1, 0.15) is 31.2 Å². The van der Waals surface area contributed by atoms with Crippen LogP contribution in [-0.2, 0) is 14.3 Å². The Kier molecular flexibility index (Phi) is 5.20. The van der Waals surface area contributed by atoms with Gasteiger partial charge in [0.1, 0.15) is 5.60 Å². The van der Waals surface area contributed by atoms with Gasteiger partial charge in [0.2, 0.25) is 5.91 Å². The van der Waals surface area contributed by atoms with Crippen molar-refractivity contribution >= 4 is 11.6 Å². The molecule has 1 aliphatic heterocycles. The molecule has 1 fully saturated rings. The molecule has 0 spiro atoms. The van der Waals surface area contributed by atoms with Crippen LogP contribution in [0.5, 0.6) is 0 Å². The summed E-state index contributed by atoms with van der Waals surface area (Å²) in [7, 11) is 1.66. The fourth-order valence-electron chi connectivity index (χ4n) is 2.51. The second-order valence-corrected chi connectivity index (χ2v) is 5.74. The molecule has 0 aromatic heterocycles. The number of nitrogens with two attached hydrogens (primary N) is 1. The van der Waals surface area contributed by atoms with Crippen molar-refractivity contribution in [2.24, 2.45) is 0 Å². The van der Waals surface area contributed by atoms with Crippen molar-refractivity contribution in [2.75, 3.05) is 32.6 Å². The number of carbonyl (C=O) groups is 1. The van der Waals surface area contributed by atoms with Crippen molar-refractivity contribution in [3.05, 3.63) is 29.8 Å². The summed E-state index contributed by atoms with van der Waals surface area (Å²) in [6, 6.07) is 7.66. The fourth-order valence-corrected chi connectivity index (χ4v) is 2.51. The van der Waals surface area contributed by atoms with Gasteiger partial charge in [-0.1, -0.05) is 19.1 Å². The van der Waals surface area contributed by atoms with Crippen LogP contribution in [-0.4, -0.2) is 38.4 Å². The first-order valence-electron chi connectivity index (χ1n) is 7.30. The number of rotatable bonds is 6. The number of hydrogen-bond donors (Lipinski definition) is 2. The molecule has 0 radical (unpaired) electrons. The summed E-state index contributed by atoms with van der Waals surface area (Å²) in [5.41, 5.74) is 7.16. The average molecular weight is 292 g/mol. The van der Waals surface area contributed by atoms with Gasteiger partial charge in [0.15, 0.2) is 0 Å². The van der Waals surface area contributed by atoms with Crippen LogP contribution in [0.4, 0.5) is 5.69 Å². The van der Waals surface area contributed by atoms with Crippen LogP contribution in [0.25, 0.3) is 0 Å². The van der Waals surface area contributed by atoms with Crippen LogP contribution in [0, 0.1) is 0 Å². The van der Waals surface area contributed by atoms with E-state index in [1.807, 2.05) is 31.2 Å². The summed E-state index contributed by atoms with van der Waals surface area (Å²) < 4.78 is 10.9. The van der Waals surface area contributed by atoms with E-state index in [1.54, 1.807) is 7.11 Å². The van der Waals surface area contributed by atoms with Crippen LogP contribution < -0.4 is 11.1 Å². The van der Waals surface area contributed by atoms with Crippen molar-refractivity contribution < 1.29 is 14.3 Å². The number of nitrogen functional groups attached to an aromatic ring is 1. The van der Waals surface area contributed by atoms with Crippen molar-refractivity contribution in [3.8, 4) is 0 Å². The molecule has 1 aromatic rings. The minimum absolute atomic E-state index is 0.0302. The molecule has 0 saturated carbocycles. The number of benzene rings is 1. The van der Waals surface area contributed by atoms with Crippen LogP contribution >= 0.6 is 0 Å². The van der Waals surface area contributed by atoms with Gasteiger partial charge in [0.05, 0.1) is 6.61 Å². The molecule has 116 valence electrons. The van der Waals surface area contributed by atoms with Gasteiger partial charge < -0.3 is 20.5 Å². The SMILES string of the molecule is COC1(CNC(=O)CC(C)c2ccc(N)cc2)CCOC1. The lowest BCUT2D eigenvalue weighted by atomic mass is 9.97. The Morgan fingerprint density at radius 2 is 2.19 bits per heavy atom. The maximum Gasteiger partial charge on any atom is 0.220 e. The topological polar surface area (TPSA) is 73.6 Å². The van der Waals surface area contributed by atoms with E-state index in [2.05, 4.69) is 5.32 Å². The molecule has 2 atom stereocenters. The zero-order valence-electron chi connectivity index (χ0n) is 12.7. The van der Waals surface area contributed by atoms with Gasteiger partial charge in [-0.3, -0.25) is 4.79 Å². The smallest absolute Gasteiger partial charge is 0.220 e. The lowest BCUT2D eigenvalue weighted by Gasteiger charge is -2.26. The number of anilines is 1. The molecule has 1 saturated heterocycles. The second kappa shape index (κ2) is 6.91. The fraction of sp³-hybridized carbons (Fsp3) is 0.562. The molecular weight excluding hydrogens is 268 g/mol. The van der Waals surface area contributed by atoms with Crippen molar-refractivity contribution in [1.82, 2.24) is 5.32 Å². The summed E-state index contributed by atoms with van der Waals surface area (Å²) in [6.07, 6.45) is 1.27. The molecule has 0 aliphatic carbocycles. The third-order valence-electron chi connectivity index (χ3n) is 4.10. The summed E-state index contributed by atoms with van der Waals surface area (Å²) in [5, 5.41) is 2.96. The summed E-state index contributed by atoms with van der Waals surface area (Å²) in [4.78, 5) is 12.1. The molecule has 1 aromatic carbocycles. The summed E-state index contributed by atoms with van der Waals surface area (Å²) in [5.74, 6) is 0.187. The average Bonchev–Trinajstić information content (AvgIpc) is 2.95. The highest BCUT2D eigenvalue weighted by atomic mass is 16.5. The zero-order chi connectivity index (χ0) is 15.3. The highest BCUT2D eigenvalue weighted by molar-refractivity contribution is 5.77. The predicted octanol–water partition coefficient (Wildman–Crippen LogP) is 1.68. The number of amides is 1. The quantitative estimate of drug-likeness (QED) is 0.782. The van der Waals surface area contributed by atoms with Crippen LogP contribution in [0.3, 0.4) is 0 Å². The number of nitrogens with one attached hydrogen (secondary N) is 1. The van der Waals surface area contributed by atoms with Gasteiger partial charge in [-0.25, -0.2) is 0 Å². The monoisotopic (exact) mass is 292 g/mol. The third-order valence-corrected chi connectivity index (χ3v) is 4.10. The summed E-state index contributed by atoms with van der Waals surface area (Å²) >= 11 is 0. The molecule has 2 unspecified atom stereocenters. The van der Waals surface area contributed by atoms with Gasteiger partial charge in [-0.05, 0) is 23.6 Å². The van der Waals surface area contributed by atoms with Gasteiger partial charge >= 0.3 is 0 Å². The lowest BCUT2D eigenvalue weighted by molar-refractivity contribution is -0.123. The standard InChI is InChI=1S/C16H24N2O3/c1-12(13-3-5-14(17)6-4-13)9-15(19)18-10-16(20-2)7-8-21-11-16/h3-6,12H,7-11,17H2,1-2H3,(H,18,19). The third kappa shape index (κ3) is 4.19. The van der Waals surface area contributed by atoms with E-state index in [0.717, 1.165) is 17.7 Å². The number of carbonyl (C=O) groups excluding carboxylic acids is 1. The van der Waals surface area contributed by atoms with E-state index in [-0.39, 0.29) is 17.4 Å². The number of hydrogen-bond acceptors (Lipinski definition) is 4. The molecule has 1 amide bonds. The molecule has 21 heavy (non-hydrogen) atoms. The largest absolute Gasteiger partial charge is 0.399 e. The molecule has 0 bridgehead atoms. The van der Waals surface area contributed by atoms with Gasteiger partial charge in [0, 0.05) is 38.8 Å². The van der Waals surface area contributed by atoms with E-state index >= 15 is 0 Å². The lowest BCUT2D eigenvalue weighted by Crippen LogP contribution is -2.45. The number of ether oxygens (including phenoxy) is 2. The van der Waals surface area contributed by atoms with Crippen LogP contribution in [0.15, 0.2) is 24.3 Å². The first-order chi connectivity index (χ1) is 10.0. The Morgan fingerprint density at radius 1 is 1.48 bits per heavy atom. The van der Waals surface area contributed by atoms with Gasteiger partial charge in [0.25, 0.3) is 0 Å². The van der Waals surface area contributed by atoms with Gasteiger partial charge in [-0.15, -0.1) is 0 Å². The van der Waals surface area contributed by atoms with Gasteiger partial charge in [-0.2, -0.15) is 0 Å². The Morgan fingerprint density at radius 3 is 2.76 bits per heavy atom. The molecule has 5 nitrogen and oxygen atoms in total. The maximum atomic E-state index is 12.1. The van der Waals surface area contributed by atoms with E-state index < -0.39 is 0 Å². The first kappa shape index (κ1) is 15.8. The van der Waals surface area contributed by atoms with Crippen molar-refractivity contribution in [2.45, 2.75) is 31.3 Å². The van der Waals surface area contributed by atoms with Crippen molar-refractivity contribution in [1.29, 1.82) is 0 Å². The predicted molar refractivity (Wildman–Crippen MR) is 82.1 cm³/mol. The van der Waals surface area contributed by atoms with E-state index in [4.69, 9.17) is 15.2 Å². The van der Waals surface area contributed by atoms with E-state index in [1.165, 1.54) is 0 Å². The molecule has 1 heterocycles. The molecule has 3 N–H and O–H groups in total. The Balaban J connectivity index is 1.82. The molecular formula is C16H24N2O3. The van der Waals surface area contributed by atoms with Crippen molar-refractivity contribution in [3.63, 3.8) is 0 Å². The Bertz CT molecular complexity index is 467. The van der Waals surface area contributed by atoms with E-state index in [0.29, 0.717) is 26.2 Å². The molecule has 5 heteroatoms. The molecule has 2 rings (SSSR count). The van der Waals surface area contributed by atoms with Crippen LogP contribution in [0.2, 0.25) is 0 Å². The minimum Gasteiger partial charge on any atom is -0.399 e. The maximum absolute atomic E-state index is 12.1. The van der Waals surface area contributed by atoms with E-state index in [9.17, 15) is 4.79 Å². The summed E-state index contributed by atoms with van der Waals surface area (Å²) in [6.45, 7) is 3.76. The molecule has 1 aliphatic rings. The normalized spacial score (nSPS) is 23.0. The Hall–Kier alpha value is -1.59.